The fraction of sp³-hybridized carbons (Fsp3) is 0.211. The van der Waals surface area contributed by atoms with Crippen LogP contribution in [-0.4, -0.2) is 29.0 Å². The Balaban J connectivity index is 1.79. The zero-order valence-corrected chi connectivity index (χ0v) is 14.8. The largest absolute Gasteiger partial charge is 0.506 e. The second-order valence-electron chi connectivity index (χ2n) is 5.88. The molecule has 0 radical (unpaired) electrons. The summed E-state index contributed by atoms with van der Waals surface area (Å²) in [5.41, 5.74) is 3.29. The Labute approximate surface area is 148 Å². The van der Waals surface area contributed by atoms with Gasteiger partial charge in [-0.1, -0.05) is 18.2 Å². The lowest BCUT2D eigenvalue weighted by molar-refractivity contribution is 0.0769. The highest BCUT2D eigenvalue weighted by molar-refractivity contribution is 9.10. The van der Waals surface area contributed by atoms with E-state index < -0.39 is 0 Å². The van der Waals surface area contributed by atoms with E-state index in [9.17, 15) is 14.3 Å². The number of amides is 1. The molecule has 5 heteroatoms. The van der Waals surface area contributed by atoms with Gasteiger partial charge in [-0.3, -0.25) is 4.79 Å². The summed E-state index contributed by atoms with van der Waals surface area (Å²) in [6.45, 7) is 2.91. The van der Waals surface area contributed by atoms with E-state index in [2.05, 4.69) is 15.9 Å². The SMILES string of the molecule is Cc1cc(Br)c(O)c(C(=O)N2CC=C(c3ccc(F)cc3)CC2)c1. The molecule has 0 aliphatic carbocycles. The first-order chi connectivity index (χ1) is 11.5. The van der Waals surface area contributed by atoms with Crippen LogP contribution in [0, 0.1) is 12.7 Å². The van der Waals surface area contributed by atoms with E-state index in [1.54, 1.807) is 29.2 Å². The van der Waals surface area contributed by atoms with Gasteiger partial charge in [0.25, 0.3) is 5.91 Å². The molecule has 24 heavy (non-hydrogen) atoms. The maximum atomic E-state index is 13.0. The van der Waals surface area contributed by atoms with Crippen molar-refractivity contribution < 1.29 is 14.3 Å². The quantitative estimate of drug-likeness (QED) is 0.819. The standard InChI is InChI=1S/C19H17BrFNO2/c1-12-10-16(18(23)17(20)11-12)19(24)22-8-6-14(7-9-22)13-2-4-15(21)5-3-13/h2-6,10-11,23H,7-9H2,1H3. The maximum absolute atomic E-state index is 13.0. The lowest BCUT2D eigenvalue weighted by Gasteiger charge is -2.27. The average Bonchev–Trinajstić information content (AvgIpc) is 2.58. The van der Waals surface area contributed by atoms with Gasteiger partial charge in [-0.2, -0.15) is 0 Å². The first-order valence-electron chi connectivity index (χ1n) is 7.69. The van der Waals surface area contributed by atoms with Crippen molar-refractivity contribution in [1.82, 2.24) is 4.90 Å². The van der Waals surface area contributed by atoms with Crippen LogP contribution >= 0.6 is 15.9 Å². The Kier molecular flexibility index (Phi) is 4.71. The molecule has 0 aromatic heterocycles. The second kappa shape index (κ2) is 6.77. The molecule has 3 rings (SSSR count). The second-order valence-corrected chi connectivity index (χ2v) is 6.73. The van der Waals surface area contributed by atoms with Gasteiger partial charge in [-0.15, -0.1) is 0 Å². The average molecular weight is 390 g/mol. The fourth-order valence-electron chi connectivity index (χ4n) is 2.85. The Morgan fingerprint density at radius 3 is 2.58 bits per heavy atom. The smallest absolute Gasteiger partial charge is 0.257 e. The van der Waals surface area contributed by atoms with E-state index in [4.69, 9.17) is 0 Å². The fourth-order valence-corrected chi connectivity index (χ4v) is 3.42. The maximum Gasteiger partial charge on any atom is 0.257 e. The number of aryl methyl sites for hydroxylation is 1. The van der Waals surface area contributed by atoms with Gasteiger partial charge in [0, 0.05) is 13.1 Å². The van der Waals surface area contributed by atoms with Gasteiger partial charge in [0.05, 0.1) is 10.0 Å². The molecule has 1 amide bonds. The molecule has 1 N–H and O–H groups in total. The zero-order chi connectivity index (χ0) is 17.3. The van der Waals surface area contributed by atoms with Gasteiger partial charge in [0.15, 0.2) is 0 Å². The van der Waals surface area contributed by atoms with Crippen LogP contribution in [0.1, 0.15) is 27.9 Å². The number of phenols is 1. The molecule has 0 atom stereocenters. The van der Waals surface area contributed by atoms with Crippen molar-refractivity contribution in [3.05, 3.63) is 69.5 Å². The summed E-state index contributed by atoms with van der Waals surface area (Å²) in [6, 6.07) is 9.85. The van der Waals surface area contributed by atoms with Crippen LogP contribution < -0.4 is 0 Å². The van der Waals surface area contributed by atoms with Crippen molar-refractivity contribution in [3.63, 3.8) is 0 Å². The van der Waals surface area contributed by atoms with Crippen LogP contribution in [0.5, 0.6) is 5.75 Å². The van der Waals surface area contributed by atoms with Gasteiger partial charge in [0.1, 0.15) is 11.6 Å². The van der Waals surface area contributed by atoms with E-state index in [1.807, 2.05) is 13.0 Å². The highest BCUT2D eigenvalue weighted by Gasteiger charge is 2.23. The molecule has 1 aliphatic heterocycles. The number of carbonyl (C=O) groups is 1. The molecule has 0 spiro atoms. The highest BCUT2D eigenvalue weighted by atomic mass is 79.9. The van der Waals surface area contributed by atoms with Crippen molar-refractivity contribution in [2.75, 3.05) is 13.1 Å². The van der Waals surface area contributed by atoms with Crippen molar-refractivity contribution >= 4 is 27.4 Å². The predicted molar refractivity (Wildman–Crippen MR) is 95.4 cm³/mol. The molecule has 0 unspecified atom stereocenters. The van der Waals surface area contributed by atoms with Crippen LogP contribution in [-0.2, 0) is 0 Å². The molecule has 2 aromatic carbocycles. The summed E-state index contributed by atoms with van der Waals surface area (Å²) >= 11 is 3.27. The number of halogens is 2. The zero-order valence-electron chi connectivity index (χ0n) is 13.2. The van der Waals surface area contributed by atoms with Crippen LogP contribution in [0.25, 0.3) is 5.57 Å². The third-order valence-corrected chi connectivity index (χ3v) is 4.75. The van der Waals surface area contributed by atoms with E-state index in [0.29, 0.717) is 29.5 Å². The molecule has 3 nitrogen and oxygen atoms in total. The van der Waals surface area contributed by atoms with Crippen molar-refractivity contribution in [3.8, 4) is 5.75 Å². The monoisotopic (exact) mass is 389 g/mol. The number of rotatable bonds is 2. The summed E-state index contributed by atoms with van der Waals surface area (Å²) < 4.78 is 13.5. The first kappa shape index (κ1) is 16.7. The van der Waals surface area contributed by atoms with E-state index >= 15 is 0 Å². The molecular formula is C19H17BrFNO2. The van der Waals surface area contributed by atoms with Gasteiger partial charge < -0.3 is 10.0 Å². The number of phenolic OH excluding ortho intramolecular Hbond substituents is 1. The highest BCUT2D eigenvalue weighted by Crippen LogP contribution is 2.31. The molecule has 2 aromatic rings. The molecule has 1 aliphatic rings. The summed E-state index contributed by atoms with van der Waals surface area (Å²) in [7, 11) is 0. The minimum absolute atomic E-state index is 0.0288. The Morgan fingerprint density at radius 2 is 1.96 bits per heavy atom. The number of aromatic hydroxyl groups is 1. The molecule has 0 fully saturated rings. The molecule has 0 saturated carbocycles. The minimum Gasteiger partial charge on any atom is -0.506 e. The molecule has 0 saturated heterocycles. The van der Waals surface area contributed by atoms with Crippen molar-refractivity contribution in [2.45, 2.75) is 13.3 Å². The predicted octanol–water partition coefficient (Wildman–Crippen LogP) is 4.53. The van der Waals surface area contributed by atoms with Crippen LogP contribution in [0.2, 0.25) is 0 Å². The third kappa shape index (κ3) is 3.36. The third-order valence-electron chi connectivity index (χ3n) is 4.15. The number of hydrogen-bond acceptors (Lipinski definition) is 2. The van der Waals surface area contributed by atoms with Gasteiger partial charge in [0.2, 0.25) is 0 Å². The summed E-state index contributed by atoms with van der Waals surface area (Å²) in [5.74, 6) is -0.474. The van der Waals surface area contributed by atoms with E-state index in [1.165, 1.54) is 12.1 Å². The van der Waals surface area contributed by atoms with Crippen molar-refractivity contribution in [1.29, 1.82) is 0 Å². The van der Waals surface area contributed by atoms with Gasteiger partial charge in [-0.05, 0) is 70.2 Å². The Bertz CT molecular complexity index is 815. The summed E-state index contributed by atoms with van der Waals surface area (Å²) in [4.78, 5) is 14.4. The van der Waals surface area contributed by atoms with Crippen LogP contribution in [0.3, 0.4) is 0 Å². The lowest BCUT2D eigenvalue weighted by Crippen LogP contribution is -2.34. The van der Waals surface area contributed by atoms with E-state index in [-0.39, 0.29) is 17.5 Å². The number of nitrogens with zero attached hydrogens (tertiary/aromatic N) is 1. The van der Waals surface area contributed by atoms with Crippen LogP contribution in [0.15, 0.2) is 46.9 Å². The topological polar surface area (TPSA) is 40.5 Å². The van der Waals surface area contributed by atoms with E-state index in [0.717, 1.165) is 16.7 Å². The minimum atomic E-state index is -0.257. The Hall–Kier alpha value is -2.14. The number of benzene rings is 2. The van der Waals surface area contributed by atoms with Gasteiger partial charge in [-0.25, -0.2) is 4.39 Å². The molecular weight excluding hydrogens is 373 g/mol. The van der Waals surface area contributed by atoms with Crippen molar-refractivity contribution in [2.24, 2.45) is 0 Å². The Morgan fingerprint density at radius 1 is 1.25 bits per heavy atom. The van der Waals surface area contributed by atoms with Crippen LogP contribution in [0.4, 0.5) is 4.39 Å². The molecule has 0 bridgehead atoms. The molecule has 1 heterocycles. The summed E-state index contributed by atoms with van der Waals surface area (Å²) in [5, 5.41) is 10.1. The van der Waals surface area contributed by atoms with Gasteiger partial charge >= 0.3 is 0 Å². The number of hydrogen-bond donors (Lipinski definition) is 1. The summed E-state index contributed by atoms with van der Waals surface area (Å²) in [6.07, 6.45) is 2.68. The lowest BCUT2D eigenvalue weighted by atomic mass is 9.99. The number of carbonyl (C=O) groups excluding carboxylic acids is 1. The molecule has 124 valence electrons. The first-order valence-corrected chi connectivity index (χ1v) is 8.48. The normalized spacial score (nSPS) is 14.5.